The average molecular weight is 239 g/mol. The van der Waals surface area contributed by atoms with E-state index in [1.165, 1.54) is 5.51 Å². The molecule has 3 N–H and O–H groups in total. The zero-order valence-electron chi connectivity index (χ0n) is 7.85. The Hall–Kier alpha value is -2.09. The Labute approximate surface area is 93.3 Å². The fraction of sp³-hybridized carbons (Fsp3) is 0. The zero-order valence-corrected chi connectivity index (χ0v) is 8.66. The number of nitrogens with one attached hydrogen (secondary N) is 1. The van der Waals surface area contributed by atoms with Crippen molar-refractivity contribution in [3.05, 3.63) is 29.2 Å². The van der Waals surface area contributed by atoms with Crippen molar-refractivity contribution in [2.45, 2.75) is 0 Å². The van der Waals surface area contributed by atoms with Crippen LogP contribution in [0.1, 0.15) is 10.4 Å². The Morgan fingerprint density at radius 1 is 1.56 bits per heavy atom. The lowest BCUT2D eigenvalue weighted by Gasteiger charge is -2.03. The van der Waals surface area contributed by atoms with Crippen LogP contribution in [0.3, 0.4) is 0 Å². The van der Waals surface area contributed by atoms with Gasteiger partial charge in [0.05, 0.1) is 11.8 Å². The van der Waals surface area contributed by atoms with Crippen LogP contribution in [0.5, 0.6) is 0 Å². The number of aromatic nitrogens is 3. The Kier molecular flexibility index (Phi) is 2.73. The van der Waals surface area contributed by atoms with Gasteiger partial charge in [0.2, 0.25) is 5.13 Å². The lowest BCUT2D eigenvalue weighted by Crippen LogP contribution is -2.15. The standard InChI is InChI=1S/C8H6FN5OS/c9-4-1-5(6(10)11-2-4)7(15)13-8-14-12-3-16-8/h1-3H,(H2,10,11)(H,13,14,15). The largest absolute Gasteiger partial charge is 0.383 e. The SMILES string of the molecule is Nc1ncc(F)cc1C(=O)Nc1nncs1. The quantitative estimate of drug-likeness (QED) is 0.812. The second-order valence-electron chi connectivity index (χ2n) is 2.78. The van der Waals surface area contributed by atoms with Gasteiger partial charge in [-0.3, -0.25) is 10.1 Å². The number of halogens is 1. The van der Waals surface area contributed by atoms with Crippen molar-refractivity contribution in [2.24, 2.45) is 0 Å². The van der Waals surface area contributed by atoms with Crippen LogP contribution in [-0.4, -0.2) is 21.1 Å². The van der Waals surface area contributed by atoms with Crippen molar-refractivity contribution >= 4 is 28.2 Å². The first-order chi connectivity index (χ1) is 7.66. The van der Waals surface area contributed by atoms with Crippen molar-refractivity contribution in [3.8, 4) is 0 Å². The molecule has 0 spiro atoms. The Bertz CT molecular complexity index is 515. The van der Waals surface area contributed by atoms with Gasteiger partial charge in [0.15, 0.2) is 0 Å². The van der Waals surface area contributed by atoms with Gasteiger partial charge in [-0.1, -0.05) is 11.3 Å². The maximum absolute atomic E-state index is 12.9. The first-order valence-electron chi connectivity index (χ1n) is 4.15. The van der Waals surface area contributed by atoms with E-state index in [1.54, 1.807) is 0 Å². The molecule has 0 fully saturated rings. The predicted molar refractivity (Wildman–Crippen MR) is 56.5 cm³/mol. The third kappa shape index (κ3) is 2.11. The predicted octanol–water partition coefficient (Wildman–Crippen LogP) is 0.907. The summed E-state index contributed by atoms with van der Waals surface area (Å²) in [6, 6.07) is 1.01. The van der Waals surface area contributed by atoms with Crippen LogP contribution in [0.15, 0.2) is 17.8 Å². The molecule has 0 atom stereocenters. The van der Waals surface area contributed by atoms with Gasteiger partial charge < -0.3 is 5.73 Å². The van der Waals surface area contributed by atoms with Crippen molar-refractivity contribution < 1.29 is 9.18 Å². The van der Waals surface area contributed by atoms with Crippen LogP contribution in [0.25, 0.3) is 0 Å². The topological polar surface area (TPSA) is 93.8 Å². The molecule has 2 heterocycles. The minimum Gasteiger partial charge on any atom is -0.383 e. The van der Waals surface area contributed by atoms with E-state index >= 15 is 0 Å². The first kappa shape index (κ1) is 10.4. The number of carbonyl (C=O) groups is 1. The molecular formula is C8H6FN5OS. The summed E-state index contributed by atoms with van der Waals surface area (Å²) in [6.07, 6.45) is 0.942. The summed E-state index contributed by atoms with van der Waals surface area (Å²) in [7, 11) is 0. The van der Waals surface area contributed by atoms with Crippen molar-refractivity contribution in [2.75, 3.05) is 11.1 Å². The molecule has 16 heavy (non-hydrogen) atoms. The van der Waals surface area contributed by atoms with Crippen LogP contribution in [0.4, 0.5) is 15.3 Å². The number of carbonyl (C=O) groups excluding carboxylic acids is 1. The Balaban J connectivity index is 2.24. The van der Waals surface area contributed by atoms with E-state index in [1.807, 2.05) is 0 Å². The van der Waals surface area contributed by atoms with Crippen molar-refractivity contribution in [3.63, 3.8) is 0 Å². The van der Waals surface area contributed by atoms with Gasteiger partial charge in [-0.25, -0.2) is 9.37 Å². The molecule has 0 aromatic carbocycles. The monoisotopic (exact) mass is 239 g/mol. The highest BCUT2D eigenvalue weighted by molar-refractivity contribution is 7.13. The molecule has 0 bridgehead atoms. The number of hydrogen-bond acceptors (Lipinski definition) is 6. The highest BCUT2D eigenvalue weighted by Crippen LogP contribution is 2.14. The average Bonchev–Trinajstić information content (AvgIpc) is 2.74. The van der Waals surface area contributed by atoms with Crippen LogP contribution in [0, 0.1) is 5.82 Å². The van der Waals surface area contributed by atoms with Gasteiger partial charge in [0.25, 0.3) is 5.91 Å². The van der Waals surface area contributed by atoms with Gasteiger partial charge in [-0.05, 0) is 6.07 Å². The second-order valence-corrected chi connectivity index (χ2v) is 3.62. The van der Waals surface area contributed by atoms with E-state index in [0.717, 1.165) is 23.6 Å². The minimum absolute atomic E-state index is 0.0322. The van der Waals surface area contributed by atoms with Gasteiger partial charge in [-0.15, -0.1) is 10.2 Å². The summed E-state index contributed by atoms with van der Waals surface area (Å²) >= 11 is 1.15. The summed E-state index contributed by atoms with van der Waals surface area (Å²) in [5.41, 5.74) is 6.88. The Morgan fingerprint density at radius 2 is 2.38 bits per heavy atom. The highest BCUT2D eigenvalue weighted by Gasteiger charge is 2.13. The van der Waals surface area contributed by atoms with Crippen molar-refractivity contribution in [1.82, 2.24) is 15.2 Å². The van der Waals surface area contributed by atoms with Crippen LogP contribution in [-0.2, 0) is 0 Å². The molecule has 1 amide bonds. The molecule has 0 unspecified atom stereocenters. The number of nitrogens with zero attached hydrogens (tertiary/aromatic N) is 3. The Morgan fingerprint density at radius 3 is 3.06 bits per heavy atom. The van der Waals surface area contributed by atoms with Crippen LogP contribution in [0.2, 0.25) is 0 Å². The molecule has 0 saturated heterocycles. The number of nitrogens with two attached hydrogens (primary N) is 1. The number of amides is 1. The lowest BCUT2D eigenvalue weighted by atomic mass is 10.2. The molecule has 8 heteroatoms. The molecule has 2 aromatic rings. The molecule has 82 valence electrons. The molecule has 0 radical (unpaired) electrons. The first-order valence-corrected chi connectivity index (χ1v) is 5.03. The van der Waals surface area contributed by atoms with Gasteiger partial charge in [-0.2, -0.15) is 0 Å². The second kappa shape index (κ2) is 4.19. The molecule has 2 aromatic heterocycles. The van der Waals surface area contributed by atoms with Gasteiger partial charge >= 0.3 is 0 Å². The summed E-state index contributed by atoms with van der Waals surface area (Å²) in [6.45, 7) is 0. The number of anilines is 2. The van der Waals surface area contributed by atoms with E-state index in [9.17, 15) is 9.18 Å². The summed E-state index contributed by atoms with van der Waals surface area (Å²) in [5, 5.41) is 9.90. The normalized spacial score (nSPS) is 10.1. The molecule has 0 aliphatic rings. The number of pyridine rings is 1. The third-order valence-corrected chi connectivity index (χ3v) is 2.32. The maximum atomic E-state index is 12.9. The van der Waals surface area contributed by atoms with Gasteiger partial charge in [0, 0.05) is 0 Å². The number of hydrogen-bond donors (Lipinski definition) is 2. The fourth-order valence-corrected chi connectivity index (χ4v) is 1.46. The van der Waals surface area contributed by atoms with E-state index in [2.05, 4.69) is 20.5 Å². The zero-order chi connectivity index (χ0) is 11.5. The summed E-state index contributed by atoms with van der Waals surface area (Å²) in [4.78, 5) is 15.2. The fourth-order valence-electron chi connectivity index (χ4n) is 1.02. The summed E-state index contributed by atoms with van der Waals surface area (Å²) < 4.78 is 12.9. The van der Waals surface area contributed by atoms with Crippen LogP contribution < -0.4 is 11.1 Å². The third-order valence-electron chi connectivity index (χ3n) is 1.71. The number of nitrogen functional groups attached to an aromatic ring is 1. The van der Waals surface area contributed by atoms with E-state index in [0.29, 0.717) is 5.13 Å². The van der Waals surface area contributed by atoms with E-state index in [4.69, 9.17) is 5.73 Å². The minimum atomic E-state index is -0.628. The molecule has 2 rings (SSSR count). The van der Waals surface area contributed by atoms with Crippen LogP contribution >= 0.6 is 11.3 Å². The van der Waals surface area contributed by atoms with E-state index < -0.39 is 11.7 Å². The highest BCUT2D eigenvalue weighted by atomic mass is 32.1. The smallest absolute Gasteiger partial charge is 0.261 e. The van der Waals surface area contributed by atoms with Crippen molar-refractivity contribution in [1.29, 1.82) is 0 Å². The molecule has 0 aliphatic heterocycles. The van der Waals surface area contributed by atoms with E-state index in [-0.39, 0.29) is 11.4 Å². The molecule has 0 aliphatic carbocycles. The summed E-state index contributed by atoms with van der Waals surface area (Å²) in [5.74, 6) is -1.23. The maximum Gasteiger partial charge on any atom is 0.261 e. The number of rotatable bonds is 2. The lowest BCUT2D eigenvalue weighted by molar-refractivity contribution is 0.102. The molecular weight excluding hydrogens is 233 g/mol. The van der Waals surface area contributed by atoms with Gasteiger partial charge in [0.1, 0.15) is 17.1 Å². The molecule has 0 saturated carbocycles. The molecule has 6 nitrogen and oxygen atoms in total.